The van der Waals surface area contributed by atoms with Crippen LogP contribution in [-0.4, -0.2) is 46.9 Å². The molecule has 3 aromatic rings. The number of nitrogens with zero attached hydrogens (tertiary/aromatic N) is 4. The molecule has 7 nitrogen and oxygen atoms in total. The van der Waals surface area contributed by atoms with Gasteiger partial charge in [0, 0.05) is 23.6 Å². The second-order valence-electron chi connectivity index (χ2n) is 5.99. The first-order valence-electron chi connectivity index (χ1n) is 8.77. The number of hydrogen-bond acceptors (Lipinski definition) is 7. The molecule has 0 saturated carbocycles. The molecule has 0 aliphatic heterocycles. The van der Waals surface area contributed by atoms with E-state index in [0.717, 1.165) is 39.1 Å². The van der Waals surface area contributed by atoms with Crippen LogP contribution in [-0.2, 0) is 0 Å². The number of rotatable bonds is 8. The third-order valence-corrected chi connectivity index (χ3v) is 6.89. The van der Waals surface area contributed by atoms with Gasteiger partial charge in [-0.2, -0.15) is 0 Å². The third-order valence-electron chi connectivity index (χ3n) is 4.33. The number of hydrogen-bond donors (Lipinski definition) is 0. The SMILES string of the molecule is CCN(CC)CCN(C(=O)c1ccc([N+](=O)[O-])s1)c1nc2ccc(Br)cc2s1.Cl. The van der Waals surface area contributed by atoms with Crippen molar-refractivity contribution in [1.29, 1.82) is 0 Å². The molecule has 2 aromatic heterocycles. The fourth-order valence-electron chi connectivity index (χ4n) is 2.74. The van der Waals surface area contributed by atoms with Gasteiger partial charge in [-0.05, 0) is 37.4 Å². The molecule has 0 spiro atoms. The van der Waals surface area contributed by atoms with Crippen LogP contribution in [0.25, 0.3) is 10.2 Å². The second-order valence-corrected chi connectivity index (χ2v) is 8.97. The predicted molar refractivity (Wildman–Crippen MR) is 125 cm³/mol. The molecule has 0 unspecified atom stereocenters. The van der Waals surface area contributed by atoms with Gasteiger partial charge in [0.05, 0.1) is 20.0 Å². The Labute approximate surface area is 191 Å². The summed E-state index contributed by atoms with van der Waals surface area (Å²) in [7, 11) is 0. The van der Waals surface area contributed by atoms with Crippen molar-refractivity contribution in [3.05, 3.63) is 49.8 Å². The maximum Gasteiger partial charge on any atom is 0.324 e. The quantitative estimate of drug-likeness (QED) is 0.292. The average Bonchev–Trinajstić information content (AvgIpc) is 3.31. The van der Waals surface area contributed by atoms with Gasteiger partial charge in [0.1, 0.15) is 0 Å². The highest BCUT2D eigenvalue weighted by Gasteiger charge is 2.25. The predicted octanol–water partition coefficient (Wildman–Crippen LogP) is 5.44. The lowest BCUT2D eigenvalue weighted by atomic mass is 10.3. The third kappa shape index (κ3) is 5.52. The van der Waals surface area contributed by atoms with E-state index in [9.17, 15) is 14.9 Å². The molecule has 0 aliphatic carbocycles. The Morgan fingerprint density at radius 1 is 1.17 bits per heavy atom. The monoisotopic (exact) mass is 518 g/mol. The molecular weight excluding hydrogens is 500 g/mol. The van der Waals surface area contributed by atoms with Crippen molar-refractivity contribution in [3.8, 4) is 0 Å². The first kappa shape index (κ1) is 23.7. The van der Waals surface area contributed by atoms with Gasteiger partial charge in [-0.15, -0.1) is 12.4 Å². The van der Waals surface area contributed by atoms with Gasteiger partial charge in [0.15, 0.2) is 5.13 Å². The molecule has 0 bridgehead atoms. The topological polar surface area (TPSA) is 79.6 Å². The van der Waals surface area contributed by atoms with Crippen LogP contribution in [0.4, 0.5) is 10.1 Å². The normalized spacial score (nSPS) is 10.9. The van der Waals surface area contributed by atoms with E-state index in [1.807, 2.05) is 18.2 Å². The summed E-state index contributed by atoms with van der Waals surface area (Å²) < 4.78 is 1.92. The number of aromatic nitrogens is 1. The minimum Gasteiger partial charge on any atom is -0.302 e. The van der Waals surface area contributed by atoms with Crippen LogP contribution in [0.5, 0.6) is 0 Å². The number of benzene rings is 1. The van der Waals surface area contributed by atoms with Crippen LogP contribution in [0.15, 0.2) is 34.8 Å². The average molecular weight is 520 g/mol. The van der Waals surface area contributed by atoms with E-state index < -0.39 is 4.92 Å². The molecule has 3 rings (SSSR count). The summed E-state index contributed by atoms with van der Waals surface area (Å²) in [5.74, 6) is -0.261. The summed E-state index contributed by atoms with van der Waals surface area (Å²) in [5.41, 5.74) is 0.820. The largest absolute Gasteiger partial charge is 0.324 e. The molecule has 0 radical (unpaired) electrons. The van der Waals surface area contributed by atoms with E-state index in [-0.39, 0.29) is 23.3 Å². The van der Waals surface area contributed by atoms with Crippen molar-refractivity contribution in [3.63, 3.8) is 0 Å². The fourth-order valence-corrected chi connectivity index (χ4v) is 5.05. The minimum atomic E-state index is -0.475. The van der Waals surface area contributed by atoms with Crippen molar-refractivity contribution in [2.45, 2.75) is 13.8 Å². The maximum absolute atomic E-state index is 13.2. The second kappa shape index (κ2) is 10.4. The van der Waals surface area contributed by atoms with Crippen molar-refractivity contribution in [1.82, 2.24) is 9.88 Å². The van der Waals surface area contributed by atoms with Crippen LogP contribution in [0.1, 0.15) is 23.5 Å². The van der Waals surface area contributed by atoms with Crippen molar-refractivity contribution in [2.24, 2.45) is 0 Å². The Morgan fingerprint density at radius 2 is 1.90 bits per heavy atom. The molecule has 1 amide bonds. The molecule has 0 N–H and O–H groups in total. The Morgan fingerprint density at radius 3 is 2.52 bits per heavy atom. The number of amides is 1. The zero-order valence-electron chi connectivity index (χ0n) is 15.8. The highest BCUT2D eigenvalue weighted by Crippen LogP contribution is 2.33. The molecule has 11 heteroatoms. The standard InChI is InChI=1S/C18H19BrN4O3S2.ClH/c1-3-21(4-2)9-10-22(17(24)14-7-8-16(27-14)23(25)26)18-20-13-6-5-12(19)11-15(13)28-18;/h5-8,11H,3-4,9-10H2,1-2H3;1H. The van der Waals surface area contributed by atoms with Crippen molar-refractivity contribution < 1.29 is 9.72 Å². The van der Waals surface area contributed by atoms with Gasteiger partial charge in [-0.25, -0.2) is 4.98 Å². The molecule has 0 fully saturated rings. The van der Waals surface area contributed by atoms with Gasteiger partial charge in [-0.3, -0.25) is 19.8 Å². The van der Waals surface area contributed by atoms with Crippen molar-refractivity contribution >= 4 is 77.3 Å². The van der Waals surface area contributed by atoms with Gasteiger partial charge in [0.2, 0.25) is 0 Å². The molecule has 29 heavy (non-hydrogen) atoms. The van der Waals surface area contributed by atoms with Gasteiger partial charge in [-0.1, -0.05) is 52.5 Å². The number of halogens is 2. The maximum atomic E-state index is 13.2. The van der Waals surface area contributed by atoms with Gasteiger partial charge in [0.25, 0.3) is 5.91 Å². The smallest absolute Gasteiger partial charge is 0.302 e. The Balaban J connectivity index is 0.00000300. The lowest BCUT2D eigenvalue weighted by Crippen LogP contribution is -2.38. The lowest BCUT2D eigenvalue weighted by Gasteiger charge is -2.24. The number of thiazole rings is 1. The van der Waals surface area contributed by atoms with Crippen LogP contribution < -0.4 is 4.90 Å². The van der Waals surface area contributed by atoms with Crippen LogP contribution in [0.3, 0.4) is 0 Å². The zero-order chi connectivity index (χ0) is 20.3. The summed E-state index contributed by atoms with van der Waals surface area (Å²) in [6, 6.07) is 8.67. The molecule has 0 aliphatic rings. The summed E-state index contributed by atoms with van der Waals surface area (Å²) >= 11 is 5.79. The van der Waals surface area contributed by atoms with Crippen LogP contribution >= 0.6 is 51.0 Å². The van der Waals surface area contributed by atoms with Gasteiger partial charge >= 0.3 is 5.00 Å². The van der Waals surface area contributed by atoms with Crippen molar-refractivity contribution in [2.75, 3.05) is 31.1 Å². The zero-order valence-corrected chi connectivity index (χ0v) is 19.9. The molecule has 1 aromatic carbocycles. The molecule has 0 atom stereocenters. The first-order valence-corrected chi connectivity index (χ1v) is 11.2. The number of thiophene rings is 1. The lowest BCUT2D eigenvalue weighted by molar-refractivity contribution is -0.380. The summed E-state index contributed by atoms with van der Waals surface area (Å²) in [5, 5.41) is 11.5. The summed E-state index contributed by atoms with van der Waals surface area (Å²) in [6.07, 6.45) is 0. The molecule has 156 valence electrons. The Bertz CT molecular complexity index is 1010. The molecular formula is C18H20BrClN4O3S2. The number of carbonyl (C=O) groups excluding carboxylic acids is 1. The minimum absolute atomic E-state index is 0. The van der Waals surface area contributed by atoms with E-state index >= 15 is 0 Å². The van der Waals surface area contributed by atoms with E-state index in [4.69, 9.17) is 0 Å². The van der Waals surface area contributed by atoms with E-state index in [1.54, 1.807) is 4.90 Å². The highest BCUT2D eigenvalue weighted by atomic mass is 79.9. The number of nitro groups is 1. The highest BCUT2D eigenvalue weighted by molar-refractivity contribution is 9.10. The van der Waals surface area contributed by atoms with Crippen LogP contribution in [0.2, 0.25) is 0 Å². The van der Waals surface area contributed by atoms with E-state index in [2.05, 4.69) is 39.7 Å². The summed E-state index contributed by atoms with van der Waals surface area (Å²) in [4.78, 5) is 32.5. The number of carbonyl (C=O) groups is 1. The van der Waals surface area contributed by atoms with Gasteiger partial charge < -0.3 is 4.90 Å². The van der Waals surface area contributed by atoms with Crippen LogP contribution in [0, 0.1) is 10.1 Å². The Hall–Kier alpha value is -1.59. The fraction of sp³-hybridized carbons (Fsp3) is 0.333. The number of anilines is 1. The van der Waals surface area contributed by atoms with E-state index in [0.29, 0.717) is 23.1 Å². The number of likely N-dealkylation sites (N-methyl/N-ethyl adjacent to an activating group) is 1. The number of fused-ring (bicyclic) bond motifs is 1. The summed E-state index contributed by atoms with van der Waals surface area (Å²) in [6.45, 7) is 7.09. The first-order chi connectivity index (χ1) is 13.4. The molecule has 2 heterocycles. The Kier molecular flexibility index (Phi) is 8.53. The van der Waals surface area contributed by atoms with E-state index in [1.165, 1.54) is 23.5 Å². The molecule has 0 saturated heterocycles.